The third kappa shape index (κ3) is 7.56. The van der Waals surface area contributed by atoms with Gasteiger partial charge in [-0.05, 0) is 72.4 Å². The summed E-state index contributed by atoms with van der Waals surface area (Å²) in [5.74, 6) is 2.26. The Morgan fingerprint density at radius 3 is 2.49 bits per heavy atom. The number of alkyl halides is 3. The molecule has 6 rings (SSSR count). The van der Waals surface area contributed by atoms with Crippen LogP contribution in [0.5, 0.6) is 11.5 Å². The number of carbonyl (C=O) groups is 1. The summed E-state index contributed by atoms with van der Waals surface area (Å²) in [5.41, 5.74) is 4.65. The zero-order chi connectivity index (χ0) is 33.1. The number of nitrogens with zero attached hydrogens (tertiary/aromatic N) is 5. The average Bonchev–Trinajstić information content (AvgIpc) is 3.82. The van der Waals surface area contributed by atoms with Gasteiger partial charge in [-0.15, -0.1) is 18.3 Å². The van der Waals surface area contributed by atoms with E-state index < -0.39 is 6.36 Å². The molecule has 13 heteroatoms. The molecular weight excluding hydrogens is 629 g/mol. The van der Waals surface area contributed by atoms with Crippen molar-refractivity contribution in [2.24, 2.45) is 4.99 Å². The van der Waals surface area contributed by atoms with E-state index in [2.05, 4.69) is 49.9 Å². The van der Waals surface area contributed by atoms with E-state index in [-0.39, 0.29) is 29.7 Å². The van der Waals surface area contributed by atoms with Crippen molar-refractivity contribution in [1.29, 1.82) is 0 Å². The van der Waals surface area contributed by atoms with Crippen LogP contribution in [0.4, 0.5) is 23.7 Å². The Bertz CT molecular complexity index is 1740. The maximum Gasteiger partial charge on any atom is 0.573 e. The van der Waals surface area contributed by atoms with Gasteiger partial charge < -0.3 is 19.7 Å². The Balaban J connectivity index is 1.11. The summed E-state index contributed by atoms with van der Waals surface area (Å²) in [7, 11) is 1.66. The van der Waals surface area contributed by atoms with Crippen LogP contribution in [0.3, 0.4) is 0 Å². The number of ether oxygens (including phenoxy) is 2. The normalized spacial score (nSPS) is 19.0. The third-order valence-corrected chi connectivity index (χ3v) is 9.33. The number of aliphatic imine (C=N–C) groups is 1. The van der Waals surface area contributed by atoms with E-state index in [4.69, 9.17) is 4.74 Å². The molecule has 2 amide bonds. The first-order chi connectivity index (χ1) is 22.6. The lowest BCUT2D eigenvalue weighted by Crippen LogP contribution is -2.36. The smallest absolute Gasteiger partial charge is 0.497 e. The third-order valence-electron chi connectivity index (χ3n) is 8.37. The minimum absolute atomic E-state index is 0.0357. The van der Waals surface area contributed by atoms with Crippen molar-refractivity contribution in [2.75, 3.05) is 24.3 Å². The number of aromatic nitrogens is 3. The molecule has 246 valence electrons. The van der Waals surface area contributed by atoms with Crippen molar-refractivity contribution in [3.8, 4) is 28.6 Å². The summed E-state index contributed by atoms with van der Waals surface area (Å²) in [6, 6.07) is 19.0. The highest BCUT2D eigenvalue weighted by atomic mass is 32.2. The molecule has 1 aromatic heterocycles. The van der Waals surface area contributed by atoms with Gasteiger partial charge in [0.25, 0.3) is 0 Å². The van der Waals surface area contributed by atoms with E-state index in [9.17, 15) is 18.0 Å². The molecule has 1 aliphatic carbocycles. The SMILES string of the molecule is COc1ccc(N2CCS/C2=N\C(=O)NC2CCCC2c2ccc(-c3ncn(-c4ccc(OC(F)(F)F)cc4)n3)cc2)c(C(C)C)c1. The number of nitrogens with one attached hydrogen (secondary N) is 1. The van der Waals surface area contributed by atoms with Gasteiger partial charge in [-0.25, -0.2) is 14.5 Å². The maximum atomic E-state index is 13.2. The fourth-order valence-electron chi connectivity index (χ4n) is 6.09. The van der Waals surface area contributed by atoms with Crippen molar-refractivity contribution < 1.29 is 27.4 Å². The van der Waals surface area contributed by atoms with E-state index in [1.165, 1.54) is 35.3 Å². The van der Waals surface area contributed by atoms with Gasteiger partial charge in [0.05, 0.1) is 12.8 Å². The molecule has 1 saturated carbocycles. The zero-order valence-electron chi connectivity index (χ0n) is 26.2. The van der Waals surface area contributed by atoms with Gasteiger partial charge in [-0.1, -0.05) is 56.3 Å². The molecular formula is C34H35F3N6O3S. The number of anilines is 1. The van der Waals surface area contributed by atoms with Gasteiger partial charge in [0.2, 0.25) is 0 Å². The number of amidine groups is 1. The predicted octanol–water partition coefficient (Wildman–Crippen LogP) is 7.92. The summed E-state index contributed by atoms with van der Waals surface area (Å²) in [6.07, 6.45) is -0.424. The first kappa shape index (κ1) is 32.4. The molecule has 2 unspecified atom stereocenters. The molecule has 1 N–H and O–H groups in total. The zero-order valence-corrected chi connectivity index (χ0v) is 27.0. The van der Waals surface area contributed by atoms with Crippen LogP contribution >= 0.6 is 11.8 Å². The van der Waals surface area contributed by atoms with Gasteiger partial charge in [0.15, 0.2) is 11.0 Å². The minimum atomic E-state index is -4.75. The highest BCUT2D eigenvalue weighted by Gasteiger charge is 2.32. The molecule has 9 nitrogen and oxygen atoms in total. The van der Waals surface area contributed by atoms with Crippen LogP contribution in [-0.2, 0) is 0 Å². The molecule has 2 atom stereocenters. The summed E-state index contributed by atoms with van der Waals surface area (Å²) >= 11 is 1.59. The number of carbonyl (C=O) groups excluding carboxylic acids is 1. The Morgan fingerprint density at radius 2 is 1.79 bits per heavy atom. The highest BCUT2D eigenvalue weighted by molar-refractivity contribution is 8.14. The number of hydrogen-bond donors (Lipinski definition) is 1. The molecule has 0 radical (unpaired) electrons. The lowest BCUT2D eigenvalue weighted by atomic mass is 9.93. The number of halogens is 3. The Hall–Kier alpha value is -4.52. The van der Waals surface area contributed by atoms with E-state index in [0.717, 1.165) is 59.7 Å². The number of hydrogen-bond acceptors (Lipinski definition) is 6. The Morgan fingerprint density at radius 1 is 1.04 bits per heavy atom. The van der Waals surface area contributed by atoms with Crippen molar-refractivity contribution in [3.05, 3.63) is 84.2 Å². The van der Waals surface area contributed by atoms with E-state index in [1.54, 1.807) is 18.9 Å². The molecule has 0 bridgehead atoms. The van der Waals surface area contributed by atoms with Crippen molar-refractivity contribution in [3.63, 3.8) is 0 Å². The minimum Gasteiger partial charge on any atom is -0.497 e. The summed E-state index contributed by atoms with van der Waals surface area (Å²) < 4.78 is 48.3. The standard InChI is InChI=1S/C34H35F3N6O3S/c1-21(2)28-19-26(45-3)15-16-30(28)42-17-18-47-33(42)40-32(44)39-29-6-4-5-27(29)22-7-9-23(10-8-22)31-38-20-43(41-31)24-11-13-25(14-12-24)46-34(35,36)37/h7-16,19-21,27,29H,4-6,17-18H2,1-3H3,(H,39,44)/b40-33-. The molecule has 1 saturated heterocycles. The van der Waals surface area contributed by atoms with Gasteiger partial charge in [0, 0.05) is 35.5 Å². The van der Waals surface area contributed by atoms with E-state index in [1.807, 2.05) is 36.4 Å². The molecule has 2 fully saturated rings. The molecule has 4 aromatic rings. The molecule has 3 aromatic carbocycles. The summed E-state index contributed by atoms with van der Waals surface area (Å²) in [6.45, 7) is 5.06. The van der Waals surface area contributed by atoms with Gasteiger partial charge in [0.1, 0.15) is 17.8 Å². The molecule has 1 aliphatic heterocycles. The monoisotopic (exact) mass is 664 g/mol. The second-order valence-electron chi connectivity index (χ2n) is 11.7. The Labute approximate surface area is 275 Å². The largest absolute Gasteiger partial charge is 0.573 e. The first-order valence-corrected chi connectivity index (χ1v) is 16.4. The number of thioether (sulfide) groups is 1. The van der Waals surface area contributed by atoms with Crippen molar-refractivity contribution in [1.82, 2.24) is 20.1 Å². The molecule has 2 aliphatic rings. The second-order valence-corrected chi connectivity index (χ2v) is 12.8. The topological polar surface area (TPSA) is 93.9 Å². The highest BCUT2D eigenvalue weighted by Crippen LogP contribution is 2.37. The predicted molar refractivity (Wildman–Crippen MR) is 177 cm³/mol. The van der Waals surface area contributed by atoms with E-state index >= 15 is 0 Å². The van der Waals surface area contributed by atoms with Crippen molar-refractivity contribution >= 4 is 28.6 Å². The van der Waals surface area contributed by atoms with Gasteiger partial charge in [-0.2, -0.15) is 4.99 Å². The second kappa shape index (κ2) is 13.7. The summed E-state index contributed by atoms with van der Waals surface area (Å²) in [4.78, 5) is 24.3. The fraction of sp³-hybridized carbons (Fsp3) is 0.353. The van der Waals surface area contributed by atoms with Gasteiger partial charge in [-0.3, -0.25) is 0 Å². The number of benzene rings is 3. The summed E-state index contributed by atoms with van der Waals surface area (Å²) in [5, 5.41) is 8.38. The number of urea groups is 1. The number of amides is 2. The fourth-order valence-corrected chi connectivity index (χ4v) is 7.04. The van der Waals surface area contributed by atoms with Crippen LogP contribution in [0.1, 0.15) is 56.1 Å². The van der Waals surface area contributed by atoms with Crippen LogP contribution in [0.15, 0.2) is 78.0 Å². The van der Waals surface area contributed by atoms with Crippen LogP contribution < -0.4 is 19.7 Å². The Kier molecular flexibility index (Phi) is 9.44. The lowest BCUT2D eigenvalue weighted by Gasteiger charge is -2.24. The first-order valence-electron chi connectivity index (χ1n) is 15.4. The number of methoxy groups -OCH3 is 1. The lowest BCUT2D eigenvalue weighted by molar-refractivity contribution is -0.274. The number of rotatable bonds is 8. The molecule has 0 spiro atoms. The quantitative estimate of drug-likeness (QED) is 0.205. The molecule has 2 heterocycles. The molecule has 47 heavy (non-hydrogen) atoms. The van der Waals surface area contributed by atoms with Gasteiger partial charge >= 0.3 is 12.4 Å². The van der Waals surface area contributed by atoms with Crippen LogP contribution in [0, 0.1) is 0 Å². The van der Waals surface area contributed by atoms with Crippen LogP contribution in [-0.4, -0.2) is 57.8 Å². The van der Waals surface area contributed by atoms with Crippen LogP contribution in [0.2, 0.25) is 0 Å². The van der Waals surface area contributed by atoms with E-state index in [0.29, 0.717) is 16.7 Å². The van der Waals surface area contributed by atoms with Crippen LogP contribution in [0.25, 0.3) is 17.1 Å². The maximum absolute atomic E-state index is 13.2. The van der Waals surface area contributed by atoms with Crippen molar-refractivity contribution in [2.45, 2.75) is 57.3 Å². The average molecular weight is 665 g/mol.